The van der Waals surface area contributed by atoms with Crippen LogP contribution in [-0.4, -0.2) is 21.2 Å². The summed E-state index contributed by atoms with van der Waals surface area (Å²) in [5.41, 5.74) is -0.0339. The van der Waals surface area contributed by atoms with Crippen LogP contribution in [0.1, 0.15) is 5.56 Å². The van der Waals surface area contributed by atoms with Crippen molar-refractivity contribution in [2.45, 2.75) is 6.42 Å². The Morgan fingerprint density at radius 1 is 1.45 bits per heavy atom. The van der Waals surface area contributed by atoms with Gasteiger partial charge in [0.25, 0.3) is 5.69 Å². The van der Waals surface area contributed by atoms with E-state index in [1.54, 1.807) is 24.1 Å². The average Bonchev–Trinajstić information content (AvgIpc) is 2.80. The van der Waals surface area contributed by atoms with Crippen LogP contribution in [0, 0.1) is 21.7 Å². The van der Waals surface area contributed by atoms with E-state index in [4.69, 9.17) is 0 Å². The molecule has 6 nitrogen and oxygen atoms in total. The maximum atomic E-state index is 13.6. The zero-order valence-electron chi connectivity index (χ0n) is 10.6. The minimum Gasteiger partial charge on any atom is -0.377 e. The average molecular weight is 282 g/mol. The summed E-state index contributed by atoms with van der Waals surface area (Å²) < 4.78 is 28.3. The minimum atomic E-state index is -1.25. The van der Waals surface area contributed by atoms with Crippen molar-refractivity contribution in [2.24, 2.45) is 7.05 Å². The van der Waals surface area contributed by atoms with E-state index >= 15 is 0 Å². The number of nitro benzene ring substituents is 1. The number of anilines is 1. The number of benzene rings is 1. The Balaban J connectivity index is 2.12. The molecule has 20 heavy (non-hydrogen) atoms. The number of aryl methyl sites for hydroxylation is 1. The summed E-state index contributed by atoms with van der Waals surface area (Å²) >= 11 is 0. The molecule has 2 aromatic rings. The summed E-state index contributed by atoms with van der Waals surface area (Å²) in [7, 11) is 1.76. The number of hydrogen-bond donors (Lipinski definition) is 1. The summed E-state index contributed by atoms with van der Waals surface area (Å²) in [5, 5.41) is 17.3. The van der Waals surface area contributed by atoms with Crippen LogP contribution >= 0.6 is 0 Å². The van der Waals surface area contributed by atoms with Crippen molar-refractivity contribution in [2.75, 3.05) is 11.9 Å². The van der Waals surface area contributed by atoms with Crippen molar-refractivity contribution in [3.8, 4) is 0 Å². The van der Waals surface area contributed by atoms with Gasteiger partial charge in [0.1, 0.15) is 0 Å². The molecule has 0 saturated carbocycles. The highest BCUT2D eigenvalue weighted by molar-refractivity contribution is 5.62. The third kappa shape index (κ3) is 2.90. The second kappa shape index (κ2) is 5.64. The van der Waals surface area contributed by atoms with E-state index < -0.39 is 27.9 Å². The number of halogens is 2. The molecule has 0 fully saturated rings. The van der Waals surface area contributed by atoms with Gasteiger partial charge in [-0.25, -0.2) is 8.78 Å². The van der Waals surface area contributed by atoms with Crippen LogP contribution < -0.4 is 5.32 Å². The molecule has 1 aromatic heterocycles. The van der Waals surface area contributed by atoms with Crippen molar-refractivity contribution >= 4 is 11.4 Å². The van der Waals surface area contributed by atoms with Gasteiger partial charge in [-0.05, 0) is 18.1 Å². The van der Waals surface area contributed by atoms with Crippen LogP contribution in [0.5, 0.6) is 0 Å². The van der Waals surface area contributed by atoms with Gasteiger partial charge in [0.15, 0.2) is 17.3 Å². The van der Waals surface area contributed by atoms with E-state index in [0.717, 1.165) is 17.7 Å². The van der Waals surface area contributed by atoms with Crippen LogP contribution in [0.3, 0.4) is 0 Å². The third-order valence-corrected chi connectivity index (χ3v) is 2.74. The Hall–Kier alpha value is -2.51. The number of nitrogens with zero attached hydrogens (tertiary/aromatic N) is 3. The third-order valence-electron chi connectivity index (χ3n) is 2.74. The number of aromatic nitrogens is 2. The van der Waals surface area contributed by atoms with Gasteiger partial charge in [0.05, 0.1) is 11.1 Å². The maximum absolute atomic E-state index is 13.6. The van der Waals surface area contributed by atoms with Crippen molar-refractivity contribution < 1.29 is 13.7 Å². The van der Waals surface area contributed by atoms with Gasteiger partial charge in [-0.3, -0.25) is 14.8 Å². The lowest BCUT2D eigenvalue weighted by molar-refractivity contribution is -0.384. The van der Waals surface area contributed by atoms with Crippen molar-refractivity contribution in [1.82, 2.24) is 9.78 Å². The molecule has 2 rings (SSSR count). The number of hydrogen-bond acceptors (Lipinski definition) is 4. The van der Waals surface area contributed by atoms with E-state index in [1.807, 2.05) is 0 Å². The second-order valence-corrected chi connectivity index (χ2v) is 4.21. The summed E-state index contributed by atoms with van der Waals surface area (Å²) in [6.45, 7) is 0.229. The molecule has 0 spiro atoms. The molecular weight excluding hydrogens is 270 g/mol. The Morgan fingerprint density at radius 2 is 2.20 bits per heavy atom. The first-order chi connectivity index (χ1) is 9.49. The van der Waals surface area contributed by atoms with Gasteiger partial charge in [-0.15, -0.1) is 0 Å². The van der Waals surface area contributed by atoms with E-state index in [0.29, 0.717) is 6.42 Å². The molecule has 0 atom stereocenters. The number of nitro groups is 1. The number of nitrogens with one attached hydrogen (secondary N) is 1. The summed E-state index contributed by atoms with van der Waals surface area (Å²) in [5.74, 6) is -2.37. The molecule has 0 aliphatic carbocycles. The fourth-order valence-corrected chi connectivity index (χ4v) is 1.79. The van der Waals surface area contributed by atoms with Gasteiger partial charge in [0.2, 0.25) is 0 Å². The van der Waals surface area contributed by atoms with Gasteiger partial charge < -0.3 is 5.32 Å². The highest BCUT2D eigenvalue weighted by atomic mass is 19.2. The van der Waals surface area contributed by atoms with Crippen LogP contribution in [-0.2, 0) is 13.5 Å². The van der Waals surface area contributed by atoms with Gasteiger partial charge in [0, 0.05) is 25.9 Å². The molecule has 0 aliphatic heterocycles. The van der Waals surface area contributed by atoms with Gasteiger partial charge in [-0.2, -0.15) is 5.10 Å². The molecule has 0 bridgehead atoms. The van der Waals surface area contributed by atoms with E-state index in [1.165, 1.54) is 0 Å². The van der Waals surface area contributed by atoms with E-state index in [2.05, 4.69) is 10.4 Å². The van der Waals surface area contributed by atoms with Crippen LogP contribution in [0.2, 0.25) is 0 Å². The second-order valence-electron chi connectivity index (χ2n) is 4.21. The largest absolute Gasteiger partial charge is 0.377 e. The number of rotatable bonds is 5. The lowest BCUT2D eigenvalue weighted by Gasteiger charge is -2.08. The molecule has 0 aliphatic rings. The molecule has 1 aromatic carbocycles. The van der Waals surface area contributed by atoms with Crippen molar-refractivity contribution in [3.63, 3.8) is 0 Å². The van der Waals surface area contributed by atoms with E-state index in [-0.39, 0.29) is 6.54 Å². The van der Waals surface area contributed by atoms with Gasteiger partial charge in [-0.1, -0.05) is 0 Å². The van der Waals surface area contributed by atoms with Crippen molar-refractivity contribution in [3.05, 3.63) is 51.8 Å². The lowest BCUT2D eigenvalue weighted by atomic mass is 10.2. The monoisotopic (exact) mass is 282 g/mol. The Labute approximate surface area is 113 Å². The van der Waals surface area contributed by atoms with Crippen LogP contribution in [0.4, 0.5) is 20.2 Å². The van der Waals surface area contributed by atoms with E-state index in [9.17, 15) is 18.9 Å². The predicted octanol–water partition coefficient (Wildman–Crippen LogP) is 2.26. The maximum Gasteiger partial charge on any atom is 0.295 e. The predicted molar refractivity (Wildman–Crippen MR) is 68.4 cm³/mol. The highest BCUT2D eigenvalue weighted by Crippen LogP contribution is 2.28. The van der Waals surface area contributed by atoms with Crippen LogP contribution in [0.25, 0.3) is 0 Å². The Kier molecular flexibility index (Phi) is 3.92. The Morgan fingerprint density at radius 3 is 2.80 bits per heavy atom. The molecule has 1 heterocycles. The first-order valence-corrected chi connectivity index (χ1v) is 5.83. The summed E-state index contributed by atoms with van der Waals surface area (Å²) in [4.78, 5) is 10.0. The topological polar surface area (TPSA) is 73.0 Å². The normalized spacial score (nSPS) is 10.6. The minimum absolute atomic E-state index is 0.229. The van der Waals surface area contributed by atoms with Crippen molar-refractivity contribution in [1.29, 1.82) is 0 Å². The standard InChI is InChI=1S/C12H12F2N4O2/c1-17-7-8(6-16-17)4-5-15-12-10(18(19)20)3-2-9(13)11(12)14/h2-3,6-7,15H,4-5H2,1H3. The molecule has 106 valence electrons. The summed E-state index contributed by atoms with van der Waals surface area (Å²) in [6.07, 6.45) is 3.90. The molecule has 0 radical (unpaired) electrons. The molecular formula is C12H12F2N4O2. The smallest absolute Gasteiger partial charge is 0.295 e. The molecule has 8 heteroatoms. The zero-order valence-corrected chi connectivity index (χ0v) is 10.6. The van der Waals surface area contributed by atoms with Crippen LogP contribution in [0.15, 0.2) is 24.5 Å². The Bertz CT molecular complexity index is 642. The summed E-state index contributed by atoms with van der Waals surface area (Å²) in [6, 6.07) is 1.67. The first-order valence-electron chi connectivity index (χ1n) is 5.83. The highest BCUT2D eigenvalue weighted by Gasteiger charge is 2.21. The quantitative estimate of drug-likeness (QED) is 0.674. The fraction of sp³-hybridized carbons (Fsp3) is 0.250. The SMILES string of the molecule is Cn1cc(CCNc2c([N+](=O)[O-])ccc(F)c2F)cn1. The fourth-order valence-electron chi connectivity index (χ4n) is 1.79. The molecule has 0 unspecified atom stereocenters. The van der Waals surface area contributed by atoms with Gasteiger partial charge >= 0.3 is 0 Å². The molecule has 0 amide bonds. The zero-order chi connectivity index (χ0) is 14.7. The molecule has 1 N–H and O–H groups in total. The molecule has 0 saturated heterocycles. The lowest BCUT2D eigenvalue weighted by Crippen LogP contribution is -2.09. The first kappa shape index (κ1) is 13.9.